The van der Waals surface area contributed by atoms with E-state index in [1.807, 2.05) is 25.1 Å². The van der Waals surface area contributed by atoms with Gasteiger partial charge in [0.15, 0.2) is 5.78 Å². The first-order chi connectivity index (χ1) is 9.72. The maximum absolute atomic E-state index is 12.3. The number of rotatable bonds is 6. The van der Waals surface area contributed by atoms with Gasteiger partial charge in [-0.25, -0.2) is 0 Å². The molecule has 1 atom stereocenters. The van der Waals surface area contributed by atoms with E-state index >= 15 is 0 Å². The van der Waals surface area contributed by atoms with Crippen LogP contribution in [0.2, 0.25) is 0 Å². The normalized spacial score (nSPS) is 19.8. The van der Waals surface area contributed by atoms with Crippen molar-refractivity contribution in [3.63, 3.8) is 0 Å². The molecule has 0 saturated carbocycles. The first kappa shape index (κ1) is 15.0. The van der Waals surface area contributed by atoms with Crippen molar-refractivity contribution in [1.82, 2.24) is 4.90 Å². The van der Waals surface area contributed by atoms with Crippen molar-refractivity contribution in [1.29, 1.82) is 0 Å². The lowest BCUT2D eigenvalue weighted by Crippen LogP contribution is -2.42. The molecule has 0 radical (unpaired) electrons. The molecular formula is C16H23NO3. The molecule has 20 heavy (non-hydrogen) atoms. The van der Waals surface area contributed by atoms with Gasteiger partial charge in [-0.05, 0) is 38.4 Å². The standard InChI is InChI=1S/C16H23NO3/c1-3-20-15-8-5-9-17(11-15)12-16(18)13-6-4-7-14(10-13)19-2/h4,6-7,10,15H,3,5,8-9,11-12H2,1-2H3. The molecule has 0 N–H and O–H groups in total. The number of ether oxygens (including phenoxy) is 2. The lowest BCUT2D eigenvalue weighted by Gasteiger charge is -2.31. The monoisotopic (exact) mass is 277 g/mol. The minimum absolute atomic E-state index is 0.140. The predicted octanol–water partition coefficient (Wildman–Crippen LogP) is 2.38. The van der Waals surface area contributed by atoms with Crippen LogP contribution in [0.1, 0.15) is 30.1 Å². The second-order valence-corrected chi connectivity index (χ2v) is 5.11. The molecule has 1 fully saturated rings. The van der Waals surface area contributed by atoms with Gasteiger partial charge in [-0.2, -0.15) is 0 Å². The SMILES string of the molecule is CCOC1CCCN(CC(=O)c2cccc(OC)c2)C1. The quantitative estimate of drug-likeness (QED) is 0.748. The van der Waals surface area contributed by atoms with E-state index in [-0.39, 0.29) is 11.9 Å². The van der Waals surface area contributed by atoms with Gasteiger partial charge in [0.25, 0.3) is 0 Å². The zero-order valence-electron chi connectivity index (χ0n) is 12.3. The molecule has 4 heteroatoms. The molecule has 0 spiro atoms. The van der Waals surface area contributed by atoms with Crippen molar-refractivity contribution in [2.75, 3.05) is 33.4 Å². The topological polar surface area (TPSA) is 38.8 Å². The Morgan fingerprint density at radius 1 is 1.45 bits per heavy atom. The summed E-state index contributed by atoms with van der Waals surface area (Å²) in [6, 6.07) is 7.34. The molecule has 1 saturated heterocycles. The summed E-state index contributed by atoms with van der Waals surface area (Å²) in [7, 11) is 1.61. The molecule has 4 nitrogen and oxygen atoms in total. The smallest absolute Gasteiger partial charge is 0.176 e. The number of benzene rings is 1. The highest BCUT2D eigenvalue weighted by Gasteiger charge is 2.22. The molecule has 0 aliphatic carbocycles. The van der Waals surface area contributed by atoms with Crippen molar-refractivity contribution in [2.45, 2.75) is 25.9 Å². The summed E-state index contributed by atoms with van der Waals surface area (Å²) in [5.41, 5.74) is 0.711. The third-order valence-electron chi connectivity index (χ3n) is 3.62. The Kier molecular flexibility index (Phi) is 5.56. The van der Waals surface area contributed by atoms with Crippen LogP contribution in [0.15, 0.2) is 24.3 Å². The van der Waals surface area contributed by atoms with E-state index in [0.717, 1.165) is 38.3 Å². The number of hydrogen-bond acceptors (Lipinski definition) is 4. The van der Waals surface area contributed by atoms with Crippen molar-refractivity contribution >= 4 is 5.78 Å². The highest BCUT2D eigenvalue weighted by atomic mass is 16.5. The Morgan fingerprint density at radius 2 is 2.30 bits per heavy atom. The average Bonchev–Trinajstić information content (AvgIpc) is 2.48. The van der Waals surface area contributed by atoms with Crippen LogP contribution in [0.4, 0.5) is 0 Å². The summed E-state index contributed by atoms with van der Waals surface area (Å²) in [5.74, 6) is 0.864. The fourth-order valence-corrected chi connectivity index (χ4v) is 2.62. The van der Waals surface area contributed by atoms with E-state index in [4.69, 9.17) is 9.47 Å². The van der Waals surface area contributed by atoms with Crippen LogP contribution in [-0.2, 0) is 4.74 Å². The van der Waals surface area contributed by atoms with Gasteiger partial charge >= 0.3 is 0 Å². The summed E-state index contributed by atoms with van der Waals surface area (Å²) in [5, 5.41) is 0. The number of ketones is 1. The van der Waals surface area contributed by atoms with Crippen molar-refractivity contribution in [3.8, 4) is 5.75 Å². The molecule has 1 aliphatic rings. The number of carbonyl (C=O) groups is 1. The molecule has 0 amide bonds. The third-order valence-corrected chi connectivity index (χ3v) is 3.62. The van der Waals surface area contributed by atoms with Crippen LogP contribution in [-0.4, -0.2) is 50.1 Å². The summed E-state index contributed by atoms with van der Waals surface area (Å²) in [4.78, 5) is 14.5. The van der Waals surface area contributed by atoms with E-state index in [2.05, 4.69) is 4.90 Å². The average molecular weight is 277 g/mol. The molecule has 1 aliphatic heterocycles. The van der Waals surface area contributed by atoms with Crippen LogP contribution in [0.3, 0.4) is 0 Å². The summed E-state index contributed by atoms with van der Waals surface area (Å²) in [6.45, 7) is 5.03. The van der Waals surface area contributed by atoms with Gasteiger partial charge in [0, 0.05) is 18.7 Å². The fourth-order valence-electron chi connectivity index (χ4n) is 2.62. The van der Waals surface area contributed by atoms with Gasteiger partial charge in [0.1, 0.15) is 5.75 Å². The Hall–Kier alpha value is -1.39. The fraction of sp³-hybridized carbons (Fsp3) is 0.562. The van der Waals surface area contributed by atoms with Crippen LogP contribution < -0.4 is 4.74 Å². The number of Topliss-reactive ketones (excluding diaryl/α,β-unsaturated/α-hetero) is 1. The number of nitrogens with zero attached hydrogens (tertiary/aromatic N) is 1. The first-order valence-corrected chi connectivity index (χ1v) is 7.24. The molecule has 2 rings (SSSR count). The molecule has 1 unspecified atom stereocenters. The zero-order valence-corrected chi connectivity index (χ0v) is 12.3. The number of piperidine rings is 1. The molecule has 0 aromatic heterocycles. The van der Waals surface area contributed by atoms with Crippen LogP contribution in [0.25, 0.3) is 0 Å². The van der Waals surface area contributed by atoms with Gasteiger partial charge in [0.05, 0.1) is 19.8 Å². The predicted molar refractivity (Wildman–Crippen MR) is 78.4 cm³/mol. The molecule has 0 bridgehead atoms. The first-order valence-electron chi connectivity index (χ1n) is 7.24. The third kappa shape index (κ3) is 4.05. The van der Waals surface area contributed by atoms with Gasteiger partial charge in [0.2, 0.25) is 0 Å². The number of carbonyl (C=O) groups excluding carboxylic acids is 1. The Balaban J connectivity index is 1.93. The van der Waals surface area contributed by atoms with Gasteiger partial charge in [-0.3, -0.25) is 9.69 Å². The van der Waals surface area contributed by atoms with Crippen molar-refractivity contribution in [3.05, 3.63) is 29.8 Å². The number of methoxy groups -OCH3 is 1. The Morgan fingerprint density at radius 3 is 3.05 bits per heavy atom. The van der Waals surface area contributed by atoms with Gasteiger partial charge < -0.3 is 9.47 Å². The minimum Gasteiger partial charge on any atom is -0.497 e. The number of likely N-dealkylation sites (tertiary alicyclic amines) is 1. The van der Waals surface area contributed by atoms with E-state index in [1.54, 1.807) is 13.2 Å². The Bertz CT molecular complexity index is 445. The molecule has 1 aromatic carbocycles. The summed E-state index contributed by atoms with van der Waals surface area (Å²) < 4.78 is 10.8. The zero-order chi connectivity index (χ0) is 14.4. The van der Waals surface area contributed by atoms with Gasteiger partial charge in [-0.1, -0.05) is 12.1 Å². The van der Waals surface area contributed by atoms with E-state index in [1.165, 1.54) is 0 Å². The second-order valence-electron chi connectivity index (χ2n) is 5.11. The maximum Gasteiger partial charge on any atom is 0.176 e. The van der Waals surface area contributed by atoms with Gasteiger partial charge in [-0.15, -0.1) is 0 Å². The molecule has 1 heterocycles. The van der Waals surface area contributed by atoms with Crippen LogP contribution in [0, 0.1) is 0 Å². The summed E-state index contributed by atoms with van der Waals surface area (Å²) >= 11 is 0. The summed E-state index contributed by atoms with van der Waals surface area (Å²) in [6.07, 6.45) is 2.46. The van der Waals surface area contributed by atoms with E-state index < -0.39 is 0 Å². The van der Waals surface area contributed by atoms with Crippen molar-refractivity contribution < 1.29 is 14.3 Å². The molecule has 110 valence electrons. The molecule has 1 aromatic rings. The van der Waals surface area contributed by atoms with Crippen molar-refractivity contribution in [2.24, 2.45) is 0 Å². The molecular weight excluding hydrogens is 254 g/mol. The van der Waals surface area contributed by atoms with E-state index in [9.17, 15) is 4.79 Å². The lowest BCUT2D eigenvalue weighted by atomic mass is 10.1. The highest BCUT2D eigenvalue weighted by Crippen LogP contribution is 2.16. The largest absolute Gasteiger partial charge is 0.497 e. The van der Waals surface area contributed by atoms with Crippen LogP contribution in [0.5, 0.6) is 5.75 Å². The van der Waals surface area contributed by atoms with Crippen LogP contribution >= 0.6 is 0 Å². The minimum atomic E-state index is 0.140. The number of hydrogen-bond donors (Lipinski definition) is 0. The highest BCUT2D eigenvalue weighted by molar-refractivity contribution is 5.97. The second kappa shape index (κ2) is 7.41. The maximum atomic E-state index is 12.3. The Labute approximate surface area is 120 Å². The van der Waals surface area contributed by atoms with E-state index in [0.29, 0.717) is 12.1 Å². The lowest BCUT2D eigenvalue weighted by molar-refractivity contribution is 0.00718.